The number of benzene rings is 2. The first-order valence-electron chi connectivity index (χ1n) is 6.76. The van der Waals surface area contributed by atoms with Gasteiger partial charge in [-0.25, -0.2) is 0 Å². The summed E-state index contributed by atoms with van der Waals surface area (Å²) in [5.41, 5.74) is 8.12. The number of ether oxygens (including phenoxy) is 2. The molecule has 0 aliphatic carbocycles. The topological polar surface area (TPSA) is 68.3 Å². The molecule has 0 heterocycles. The molecule has 2 N–H and O–H groups in total. The van der Waals surface area contributed by atoms with E-state index in [1.807, 2.05) is 24.3 Å². The molecule has 4 nitrogen and oxygen atoms in total. The molecule has 2 rings (SSSR count). The van der Waals surface area contributed by atoms with E-state index in [2.05, 4.69) is 6.07 Å². The third-order valence-electron chi connectivity index (χ3n) is 3.18. The summed E-state index contributed by atoms with van der Waals surface area (Å²) in [5.74, 6) is 1.53. The van der Waals surface area contributed by atoms with Crippen LogP contribution in [0, 0.1) is 11.3 Å². The smallest absolute Gasteiger partial charge is 0.125 e. The highest BCUT2D eigenvalue weighted by Crippen LogP contribution is 2.24. The van der Waals surface area contributed by atoms with Crippen LogP contribution < -0.4 is 15.2 Å². The number of nitrogens with zero attached hydrogens (tertiary/aromatic N) is 1. The molecule has 2 aromatic carbocycles. The fourth-order valence-corrected chi connectivity index (χ4v) is 2.12. The highest BCUT2D eigenvalue weighted by Gasteiger charge is 2.07. The molecular formula is C17H18N2O2. The van der Waals surface area contributed by atoms with E-state index in [9.17, 15) is 0 Å². The van der Waals surface area contributed by atoms with E-state index < -0.39 is 0 Å². The Labute approximate surface area is 124 Å². The largest absolute Gasteiger partial charge is 0.496 e. The fourth-order valence-electron chi connectivity index (χ4n) is 2.12. The Morgan fingerprint density at radius 3 is 2.62 bits per heavy atom. The predicted molar refractivity (Wildman–Crippen MR) is 81.2 cm³/mol. The Bertz CT molecular complexity index is 647. The number of methoxy groups -OCH3 is 1. The number of nitrogens with two attached hydrogens (primary N) is 1. The van der Waals surface area contributed by atoms with Crippen LogP contribution in [-0.2, 0) is 13.0 Å². The average molecular weight is 282 g/mol. The van der Waals surface area contributed by atoms with Crippen LogP contribution in [0.5, 0.6) is 11.5 Å². The monoisotopic (exact) mass is 282 g/mol. The Morgan fingerprint density at radius 2 is 1.90 bits per heavy atom. The van der Waals surface area contributed by atoms with Crippen molar-refractivity contribution in [3.8, 4) is 17.6 Å². The fraction of sp³-hybridized carbons (Fsp3) is 0.235. The lowest BCUT2D eigenvalue weighted by molar-refractivity contribution is 0.294. The van der Waals surface area contributed by atoms with Gasteiger partial charge in [0.2, 0.25) is 0 Å². The summed E-state index contributed by atoms with van der Waals surface area (Å²) in [6, 6.07) is 15.2. The molecule has 0 saturated heterocycles. The third-order valence-corrected chi connectivity index (χ3v) is 3.18. The van der Waals surface area contributed by atoms with Gasteiger partial charge in [-0.15, -0.1) is 0 Å². The number of nitriles is 1. The van der Waals surface area contributed by atoms with Gasteiger partial charge in [0, 0.05) is 5.56 Å². The van der Waals surface area contributed by atoms with Crippen LogP contribution in [0.2, 0.25) is 0 Å². The van der Waals surface area contributed by atoms with E-state index in [1.165, 1.54) is 0 Å². The summed E-state index contributed by atoms with van der Waals surface area (Å²) >= 11 is 0. The van der Waals surface area contributed by atoms with Crippen molar-refractivity contribution in [2.75, 3.05) is 13.7 Å². The zero-order valence-electron chi connectivity index (χ0n) is 12.0. The molecule has 0 spiro atoms. The van der Waals surface area contributed by atoms with Crippen LogP contribution in [0.1, 0.15) is 16.7 Å². The van der Waals surface area contributed by atoms with E-state index >= 15 is 0 Å². The van der Waals surface area contributed by atoms with Crippen LogP contribution >= 0.6 is 0 Å². The molecule has 0 atom stereocenters. The summed E-state index contributed by atoms with van der Waals surface area (Å²) in [6.45, 7) is 0.924. The average Bonchev–Trinajstić information content (AvgIpc) is 2.54. The van der Waals surface area contributed by atoms with Gasteiger partial charge < -0.3 is 15.2 Å². The Morgan fingerprint density at radius 1 is 1.10 bits per heavy atom. The highest BCUT2D eigenvalue weighted by atomic mass is 16.5. The van der Waals surface area contributed by atoms with Crippen molar-refractivity contribution in [1.29, 1.82) is 5.26 Å². The molecule has 0 unspecified atom stereocenters. The van der Waals surface area contributed by atoms with Crippen molar-refractivity contribution in [1.82, 2.24) is 0 Å². The van der Waals surface area contributed by atoms with Gasteiger partial charge in [-0.2, -0.15) is 5.26 Å². The van der Waals surface area contributed by atoms with Crippen molar-refractivity contribution in [2.45, 2.75) is 13.0 Å². The summed E-state index contributed by atoms with van der Waals surface area (Å²) in [4.78, 5) is 0. The summed E-state index contributed by atoms with van der Waals surface area (Å²) < 4.78 is 11.2. The third kappa shape index (κ3) is 3.74. The van der Waals surface area contributed by atoms with Crippen LogP contribution in [0.15, 0.2) is 42.5 Å². The predicted octanol–water partition coefficient (Wildman–Crippen LogP) is 2.65. The maximum Gasteiger partial charge on any atom is 0.125 e. The van der Waals surface area contributed by atoms with Gasteiger partial charge in [0.1, 0.15) is 18.1 Å². The second-order valence-electron chi connectivity index (χ2n) is 4.57. The van der Waals surface area contributed by atoms with Gasteiger partial charge in [-0.1, -0.05) is 18.2 Å². The minimum absolute atomic E-state index is 0.347. The van der Waals surface area contributed by atoms with Crippen molar-refractivity contribution in [2.24, 2.45) is 5.73 Å². The van der Waals surface area contributed by atoms with Gasteiger partial charge in [0.25, 0.3) is 0 Å². The molecule has 2 aromatic rings. The molecule has 0 aliphatic rings. The number of rotatable bonds is 6. The number of hydrogen-bond acceptors (Lipinski definition) is 4. The Hall–Kier alpha value is -2.51. The van der Waals surface area contributed by atoms with Gasteiger partial charge in [-0.3, -0.25) is 0 Å². The molecule has 0 aromatic heterocycles. The Kier molecular flexibility index (Phi) is 5.19. The molecule has 0 radical (unpaired) electrons. The normalized spacial score (nSPS) is 9.95. The zero-order valence-corrected chi connectivity index (χ0v) is 12.0. The maximum atomic E-state index is 8.98. The SMILES string of the molecule is COc1ccc(C#N)cc1COc1ccccc1CCN. The first-order valence-corrected chi connectivity index (χ1v) is 6.76. The van der Waals surface area contributed by atoms with Crippen LogP contribution in [0.4, 0.5) is 0 Å². The molecule has 0 fully saturated rings. The first kappa shape index (κ1) is 14.9. The zero-order chi connectivity index (χ0) is 15.1. The molecule has 4 heteroatoms. The van der Waals surface area contributed by atoms with Crippen LogP contribution in [0.3, 0.4) is 0 Å². The molecule has 0 aliphatic heterocycles. The molecular weight excluding hydrogens is 264 g/mol. The molecule has 0 amide bonds. The lowest BCUT2D eigenvalue weighted by Crippen LogP contribution is -2.06. The quantitative estimate of drug-likeness (QED) is 0.884. The lowest BCUT2D eigenvalue weighted by atomic mass is 10.1. The van der Waals surface area contributed by atoms with Crippen molar-refractivity contribution in [3.05, 3.63) is 59.2 Å². The first-order chi connectivity index (χ1) is 10.3. The number of para-hydroxylation sites is 1. The lowest BCUT2D eigenvalue weighted by Gasteiger charge is -2.13. The molecule has 0 bridgehead atoms. The van der Waals surface area contributed by atoms with Gasteiger partial charge in [0.05, 0.1) is 18.7 Å². The minimum atomic E-state index is 0.347. The summed E-state index contributed by atoms with van der Waals surface area (Å²) in [7, 11) is 1.60. The van der Waals surface area contributed by atoms with E-state index in [1.54, 1.807) is 25.3 Å². The van der Waals surface area contributed by atoms with Crippen LogP contribution in [0.25, 0.3) is 0 Å². The second-order valence-corrected chi connectivity index (χ2v) is 4.57. The van der Waals surface area contributed by atoms with E-state index in [-0.39, 0.29) is 0 Å². The summed E-state index contributed by atoms with van der Waals surface area (Å²) in [5, 5.41) is 8.98. The molecule has 21 heavy (non-hydrogen) atoms. The highest BCUT2D eigenvalue weighted by molar-refractivity contribution is 5.42. The minimum Gasteiger partial charge on any atom is -0.496 e. The van der Waals surface area contributed by atoms with Crippen LogP contribution in [-0.4, -0.2) is 13.7 Å². The van der Waals surface area contributed by atoms with Gasteiger partial charge in [-0.05, 0) is 42.8 Å². The van der Waals surface area contributed by atoms with E-state index in [0.29, 0.717) is 24.5 Å². The second kappa shape index (κ2) is 7.32. The van der Waals surface area contributed by atoms with E-state index in [4.69, 9.17) is 20.5 Å². The molecule has 0 saturated carbocycles. The summed E-state index contributed by atoms with van der Waals surface area (Å²) in [6.07, 6.45) is 0.769. The van der Waals surface area contributed by atoms with Gasteiger partial charge >= 0.3 is 0 Å². The number of hydrogen-bond donors (Lipinski definition) is 1. The maximum absolute atomic E-state index is 8.98. The molecule has 108 valence electrons. The van der Waals surface area contributed by atoms with Crippen molar-refractivity contribution >= 4 is 0 Å². The van der Waals surface area contributed by atoms with Crippen molar-refractivity contribution < 1.29 is 9.47 Å². The Balaban J connectivity index is 2.18. The van der Waals surface area contributed by atoms with Crippen molar-refractivity contribution in [3.63, 3.8) is 0 Å². The van der Waals surface area contributed by atoms with E-state index in [0.717, 1.165) is 23.3 Å². The standard InChI is InChI=1S/C17H18N2O2/c1-20-16-7-6-13(11-19)10-15(16)12-21-17-5-3-2-4-14(17)8-9-18/h2-7,10H,8-9,12,18H2,1H3. The van der Waals surface area contributed by atoms with Gasteiger partial charge in [0.15, 0.2) is 0 Å².